The fourth-order valence-corrected chi connectivity index (χ4v) is 2.58. The van der Waals surface area contributed by atoms with Gasteiger partial charge in [0, 0.05) is 22.5 Å². The van der Waals surface area contributed by atoms with E-state index in [4.69, 9.17) is 4.74 Å². The van der Waals surface area contributed by atoms with Gasteiger partial charge in [-0.1, -0.05) is 18.2 Å². The average molecular weight is 382 g/mol. The van der Waals surface area contributed by atoms with Gasteiger partial charge in [-0.25, -0.2) is 5.43 Å². The Bertz CT molecular complexity index is 1170. The Morgan fingerprint density at radius 2 is 2.07 bits per heavy atom. The van der Waals surface area contributed by atoms with E-state index in [9.17, 15) is 24.8 Å². The summed E-state index contributed by atoms with van der Waals surface area (Å²) in [6.07, 6.45) is 1.04. The second kappa shape index (κ2) is 7.58. The van der Waals surface area contributed by atoms with E-state index in [2.05, 4.69) is 15.5 Å². The number of H-pyrrole nitrogens is 1. The van der Waals surface area contributed by atoms with Crippen molar-refractivity contribution in [2.24, 2.45) is 5.10 Å². The fourth-order valence-electron chi connectivity index (χ4n) is 2.58. The molecule has 0 radical (unpaired) electrons. The first-order chi connectivity index (χ1) is 13.4. The largest absolute Gasteiger partial charge is 0.502 e. The van der Waals surface area contributed by atoms with Crippen molar-refractivity contribution in [3.05, 3.63) is 74.1 Å². The standard InChI is InChI=1S/C18H14N4O6/c1-28-11-6-10(17(24)15(7-11)22(26)27)9-19-21-18(25)13-8-16(23)20-14-5-3-2-4-12(13)14/h2-9,24H,1H3,(H,20,23)(H,21,25)/b19-9-. The van der Waals surface area contributed by atoms with E-state index in [1.165, 1.54) is 13.2 Å². The summed E-state index contributed by atoms with van der Waals surface area (Å²) in [4.78, 5) is 37.0. The number of aromatic amines is 1. The summed E-state index contributed by atoms with van der Waals surface area (Å²) in [5, 5.41) is 25.2. The third-order valence-electron chi connectivity index (χ3n) is 3.89. The number of ether oxygens (including phenoxy) is 1. The number of hydrazone groups is 1. The van der Waals surface area contributed by atoms with Crippen LogP contribution in [-0.4, -0.2) is 34.2 Å². The number of para-hydroxylation sites is 1. The number of nitrogens with one attached hydrogen (secondary N) is 2. The normalized spacial score (nSPS) is 10.9. The summed E-state index contributed by atoms with van der Waals surface area (Å²) in [5.74, 6) is -1.14. The van der Waals surface area contributed by atoms with Gasteiger partial charge < -0.3 is 14.8 Å². The topological polar surface area (TPSA) is 147 Å². The number of methoxy groups -OCH3 is 1. The van der Waals surface area contributed by atoms with E-state index >= 15 is 0 Å². The summed E-state index contributed by atoms with van der Waals surface area (Å²) in [5.41, 5.74) is 1.80. The zero-order chi connectivity index (χ0) is 20.3. The molecule has 0 aliphatic rings. The Hall–Kier alpha value is -4.21. The third kappa shape index (κ3) is 3.65. The molecule has 0 bridgehead atoms. The maximum Gasteiger partial charge on any atom is 0.315 e. The third-order valence-corrected chi connectivity index (χ3v) is 3.89. The molecule has 1 aromatic heterocycles. The molecule has 10 heteroatoms. The van der Waals surface area contributed by atoms with Gasteiger partial charge in [0.2, 0.25) is 11.3 Å². The minimum absolute atomic E-state index is 0.0258. The molecule has 0 atom stereocenters. The highest BCUT2D eigenvalue weighted by molar-refractivity contribution is 6.06. The average Bonchev–Trinajstić information content (AvgIpc) is 2.68. The number of carbonyl (C=O) groups excluding carboxylic acids is 1. The molecular formula is C18H14N4O6. The molecule has 0 saturated carbocycles. The minimum atomic E-state index is -0.768. The lowest BCUT2D eigenvalue weighted by molar-refractivity contribution is -0.385. The van der Waals surface area contributed by atoms with Gasteiger partial charge in [0.05, 0.1) is 29.9 Å². The highest BCUT2D eigenvalue weighted by atomic mass is 16.6. The monoisotopic (exact) mass is 382 g/mol. The predicted molar refractivity (Wildman–Crippen MR) is 101 cm³/mol. The smallest absolute Gasteiger partial charge is 0.315 e. The van der Waals surface area contributed by atoms with Crippen LogP contribution >= 0.6 is 0 Å². The van der Waals surface area contributed by atoms with Gasteiger partial charge in [-0.2, -0.15) is 5.10 Å². The first kappa shape index (κ1) is 18.6. The lowest BCUT2D eigenvalue weighted by Gasteiger charge is -2.06. The van der Waals surface area contributed by atoms with Crippen LogP contribution in [0.1, 0.15) is 15.9 Å². The van der Waals surface area contributed by atoms with Crippen molar-refractivity contribution >= 4 is 28.7 Å². The second-order valence-corrected chi connectivity index (χ2v) is 5.63. The molecule has 10 nitrogen and oxygen atoms in total. The number of nitro groups is 1. The van der Waals surface area contributed by atoms with Crippen molar-refractivity contribution in [3.8, 4) is 11.5 Å². The summed E-state index contributed by atoms with van der Waals surface area (Å²) < 4.78 is 4.96. The van der Waals surface area contributed by atoms with Crippen LogP contribution in [0.3, 0.4) is 0 Å². The Balaban J connectivity index is 1.90. The van der Waals surface area contributed by atoms with Gasteiger partial charge in [0.15, 0.2) is 0 Å². The maximum atomic E-state index is 12.4. The highest BCUT2D eigenvalue weighted by Crippen LogP contribution is 2.33. The van der Waals surface area contributed by atoms with Crippen molar-refractivity contribution in [2.75, 3.05) is 7.11 Å². The number of hydrogen-bond donors (Lipinski definition) is 3. The Kier molecular flexibility index (Phi) is 5.03. The van der Waals surface area contributed by atoms with Crippen LogP contribution in [0.2, 0.25) is 0 Å². The summed E-state index contributed by atoms with van der Waals surface area (Å²) in [6, 6.07) is 10.3. The number of nitro benzene ring substituents is 1. The van der Waals surface area contributed by atoms with Crippen LogP contribution in [0.25, 0.3) is 10.9 Å². The number of pyridine rings is 1. The molecule has 0 fully saturated rings. The molecule has 142 valence electrons. The van der Waals surface area contributed by atoms with E-state index in [-0.39, 0.29) is 16.9 Å². The van der Waals surface area contributed by atoms with E-state index < -0.39 is 27.8 Å². The molecule has 0 spiro atoms. The Morgan fingerprint density at radius 3 is 2.79 bits per heavy atom. The number of amides is 1. The van der Waals surface area contributed by atoms with E-state index in [0.29, 0.717) is 10.9 Å². The fraction of sp³-hybridized carbons (Fsp3) is 0.0556. The van der Waals surface area contributed by atoms with E-state index in [1.54, 1.807) is 24.3 Å². The number of aromatic nitrogens is 1. The van der Waals surface area contributed by atoms with Gasteiger partial charge >= 0.3 is 5.69 Å². The number of carbonyl (C=O) groups is 1. The number of fused-ring (bicyclic) bond motifs is 1. The molecule has 2 aromatic carbocycles. The minimum Gasteiger partial charge on any atom is -0.502 e. The molecule has 0 unspecified atom stereocenters. The van der Waals surface area contributed by atoms with Gasteiger partial charge in [-0.3, -0.25) is 19.7 Å². The molecule has 1 amide bonds. The molecule has 0 saturated heterocycles. The zero-order valence-corrected chi connectivity index (χ0v) is 14.5. The van der Waals surface area contributed by atoms with Gasteiger partial charge in [0.1, 0.15) is 5.75 Å². The molecule has 3 aromatic rings. The molecule has 1 heterocycles. The number of phenols is 1. The predicted octanol–water partition coefficient (Wildman–Crippen LogP) is 1.91. The van der Waals surface area contributed by atoms with Crippen molar-refractivity contribution in [2.45, 2.75) is 0 Å². The van der Waals surface area contributed by atoms with Crippen molar-refractivity contribution < 1.29 is 19.6 Å². The zero-order valence-electron chi connectivity index (χ0n) is 14.5. The molecular weight excluding hydrogens is 368 g/mol. The summed E-state index contributed by atoms with van der Waals surface area (Å²) in [7, 11) is 1.32. The molecule has 28 heavy (non-hydrogen) atoms. The SMILES string of the molecule is COc1cc(/C=N\NC(=O)c2cc(=O)[nH]c3ccccc23)c(O)c([N+](=O)[O-])c1. The first-order valence-corrected chi connectivity index (χ1v) is 7.91. The highest BCUT2D eigenvalue weighted by Gasteiger charge is 2.19. The van der Waals surface area contributed by atoms with Crippen LogP contribution in [0.15, 0.2) is 52.4 Å². The number of aromatic hydroxyl groups is 1. The number of phenolic OH excluding ortho intramolecular Hbond substituents is 1. The molecule has 0 aliphatic carbocycles. The van der Waals surface area contributed by atoms with Crippen LogP contribution in [0.4, 0.5) is 5.69 Å². The van der Waals surface area contributed by atoms with Crippen molar-refractivity contribution in [1.82, 2.24) is 10.4 Å². The molecule has 3 rings (SSSR count). The van der Waals surface area contributed by atoms with Gasteiger partial charge in [0.25, 0.3) is 5.91 Å². The summed E-state index contributed by atoms with van der Waals surface area (Å²) in [6.45, 7) is 0. The van der Waals surface area contributed by atoms with Crippen LogP contribution in [0, 0.1) is 10.1 Å². The lowest BCUT2D eigenvalue weighted by atomic mass is 10.1. The quantitative estimate of drug-likeness (QED) is 0.349. The number of rotatable bonds is 5. The van der Waals surface area contributed by atoms with Gasteiger partial charge in [-0.15, -0.1) is 0 Å². The van der Waals surface area contributed by atoms with Crippen molar-refractivity contribution in [1.29, 1.82) is 0 Å². The second-order valence-electron chi connectivity index (χ2n) is 5.63. The number of hydrogen-bond acceptors (Lipinski definition) is 7. The first-order valence-electron chi connectivity index (χ1n) is 7.91. The Labute approximate surface area is 157 Å². The van der Waals surface area contributed by atoms with Crippen molar-refractivity contribution in [3.63, 3.8) is 0 Å². The molecule has 3 N–H and O–H groups in total. The lowest BCUT2D eigenvalue weighted by Crippen LogP contribution is -2.20. The van der Waals surface area contributed by atoms with Crippen LogP contribution < -0.4 is 15.7 Å². The number of nitrogens with zero attached hydrogens (tertiary/aromatic N) is 2. The van der Waals surface area contributed by atoms with E-state index in [0.717, 1.165) is 18.3 Å². The maximum absolute atomic E-state index is 12.4. The summed E-state index contributed by atoms with van der Waals surface area (Å²) >= 11 is 0. The van der Waals surface area contributed by atoms with Crippen LogP contribution in [0.5, 0.6) is 11.5 Å². The molecule has 0 aliphatic heterocycles. The number of benzene rings is 2. The Morgan fingerprint density at radius 1 is 1.32 bits per heavy atom. The van der Waals surface area contributed by atoms with E-state index in [1.807, 2.05) is 0 Å². The van der Waals surface area contributed by atoms with Gasteiger partial charge in [-0.05, 0) is 12.1 Å². The van der Waals surface area contributed by atoms with Crippen LogP contribution in [-0.2, 0) is 0 Å².